The van der Waals surface area contributed by atoms with Gasteiger partial charge in [-0.15, -0.1) is 10.2 Å². The number of nitrogens with zero attached hydrogens (tertiary/aromatic N) is 4. The number of hydrogen-bond donors (Lipinski definition) is 1. The highest BCUT2D eigenvalue weighted by Crippen LogP contribution is 2.33. The Hall–Kier alpha value is -2.40. The lowest BCUT2D eigenvalue weighted by molar-refractivity contribution is 0.0827. The highest BCUT2D eigenvalue weighted by molar-refractivity contribution is 5.94. The van der Waals surface area contributed by atoms with Gasteiger partial charge in [0.2, 0.25) is 0 Å². The summed E-state index contributed by atoms with van der Waals surface area (Å²) in [5.41, 5.74) is 3.19. The monoisotopic (exact) mass is 305 g/mol. The Labute approximate surface area is 134 Å². The third-order valence-corrected chi connectivity index (χ3v) is 5.34. The number of fused-ring (bicyclic) bond motifs is 2. The number of likely N-dealkylation sites (tertiary alicyclic amines) is 1. The average molecular weight is 305 g/mol. The van der Waals surface area contributed by atoms with Gasteiger partial charge in [-0.1, -0.05) is 12.1 Å². The Kier molecular flexibility index (Phi) is 2.73. The van der Waals surface area contributed by atoms with Gasteiger partial charge >= 0.3 is 0 Å². The quantitative estimate of drug-likeness (QED) is 0.790. The Bertz CT molecular complexity index is 853. The van der Waals surface area contributed by atoms with E-state index in [2.05, 4.69) is 68.4 Å². The SMILES string of the molecule is CN1C[C@H]2CN(c3ccc(-c4cccc5[nH]ccc45)nn3)CC21. The van der Waals surface area contributed by atoms with Crippen LogP contribution in [0.15, 0.2) is 42.6 Å². The molecule has 0 amide bonds. The molecule has 0 aliphatic carbocycles. The topological polar surface area (TPSA) is 48.0 Å². The Morgan fingerprint density at radius 3 is 2.78 bits per heavy atom. The number of aromatic amines is 1. The third-order valence-electron chi connectivity index (χ3n) is 5.34. The number of benzene rings is 1. The first-order valence-corrected chi connectivity index (χ1v) is 8.15. The van der Waals surface area contributed by atoms with Crippen LogP contribution in [-0.4, -0.2) is 52.8 Å². The first-order valence-electron chi connectivity index (χ1n) is 8.15. The fraction of sp³-hybridized carbons (Fsp3) is 0.333. The molecule has 2 aliphatic heterocycles. The first kappa shape index (κ1) is 13.1. The minimum Gasteiger partial charge on any atom is -0.361 e. The van der Waals surface area contributed by atoms with E-state index in [1.807, 2.05) is 6.20 Å². The van der Waals surface area contributed by atoms with Crippen LogP contribution in [0.2, 0.25) is 0 Å². The number of likely N-dealkylation sites (N-methyl/N-ethyl adjacent to an activating group) is 1. The van der Waals surface area contributed by atoms with Crippen LogP contribution in [0.25, 0.3) is 22.2 Å². The third kappa shape index (κ3) is 1.96. The van der Waals surface area contributed by atoms with Gasteiger partial charge in [0.25, 0.3) is 0 Å². The number of nitrogens with one attached hydrogen (secondary N) is 1. The molecule has 2 atom stereocenters. The van der Waals surface area contributed by atoms with Crippen LogP contribution < -0.4 is 4.90 Å². The lowest BCUT2D eigenvalue weighted by Crippen LogP contribution is -2.52. The fourth-order valence-electron chi connectivity index (χ4n) is 4.03. The molecule has 4 heterocycles. The molecule has 23 heavy (non-hydrogen) atoms. The summed E-state index contributed by atoms with van der Waals surface area (Å²) in [5, 5.41) is 10.2. The standard InChI is InChI=1S/C18H19N5/c1-22-9-12-10-23(11-17(12)22)18-6-5-16(20-21-18)13-3-2-4-15-14(13)7-8-19-15/h2-8,12,17,19H,9-11H2,1H3/t12-,17?/m0/s1. The van der Waals surface area contributed by atoms with E-state index in [4.69, 9.17) is 0 Å². The summed E-state index contributed by atoms with van der Waals surface area (Å²) in [6, 6.07) is 13.2. The maximum atomic E-state index is 4.50. The van der Waals surface area contributed by atoms with Crippen LogP contribution in [0, 0.1) is 5.92 Å². The second kappa shape index (κ2) is 4.80. The molecule has 116 valence electrons. The number of anilines is 1. The number of H-pyrrole nitrogens is 1. The molecule has 0 spiro atoms. The van der Waals surface area contributed by atoms with Gasteiger partial charge in [0.05, 0.1) is 5.69 Å². The van der Waals surface area contributed by atoms with Crippen molar-refractivity contribution in [3.8, 4) is 11.3 Å². The summed E-state index contributed by atoms with van der Waals surface area (Å²) in [6.45, 7) is 3.39. The Morgan fingerprint density at radius 1 is 1.04 bits per heavy atom. The molecule has 2 aromatic heterocycles. The summed E-state index contributed by atoms with van der Waals surface area (Å²) in [4.78, 5) is 8.04. The number of aromatic nitrogens is 3. The van der Waals surface area contributed by atoms with Crippen molar-refractivity contribution in [2.24, 2.45) is 5.92 Å². The van der Waals surface area contributed by atoms with Crippen molar-refractivity contribution in [3.63, 3.8) is 0 Å². The van der Waals surface area contributed by atoms with Crippen molar-refractivity contribution < 1.29 is 0 Å². The van der Waals surface area contributed by atoms with E-state index >= 15 is 0 Å². The second-order valence-corrected chi connectivity index (χ2v) is 6.69. The molecule has 1 N–H and O–H groups in total. The molecule has 2 aliphatic rings. The van der Waals surface area contributed by atoms with Crippen molar-refractivity contribution in [1.29, 1.82) is 0 Å². The molecule has 0 bridgehead atoms. The predicted octanol–water partition coefficient (Wildman–Crippen LogP) is 2.38. The van der Waals surface area contributed by atoms with Crippen LogP contribution in [0.3, 0.4) is 0 Å². The normalized spacial score (nSPS) is 24.0. The summed E-state index contributed by atoms with van der Waals surface area (Å²) < 4.78 is 0. The minimum atomic E-state index is 0.699. The van der Waals surface area contributed by atoms with Crippen LogP contribution >= 0.6 is 0 Å². The van der Waals surface area contributed by atoms with Gasteiger partial charge < -0.3 is 14.8 Å². The zero-order valence-electron chi connectivity index (χ0n) is 13.1. The predicted molar refractivity (Wildman–Crippen MR) is 91.4 cm³/mol. The van der Waals surface area contributed by atoms with Crippen molar-refractivity contribution >= 4 is 16.7 Å². The molecule has 1 aromatic carbocycles. The van der Waals surface area contributed by atoms with Crippen molar-refractivity contribution in [2.75, 3.05) is 31.6 Å². The second-order valence-electron chi connectivity index (χ2n) is 6.69. The molecule has 2 saturated heterocycles. The Morgan fingerprint density at radius 2 is 2.00 bits per heavy atom. The zero-order valence-corrected chi connectivity index (χ0v) is 13.1. The van der Waals surface area contributed by atoms with Crippen LogP contribution in [0.1, 0.15) is 0 Å². The fourth-order valence-corrected chi connectivity index (χ4v) is 4.03. The summed E-state index contributed by atoms with van der Waals surface area (Å²) in [7, 11) is 2.21. The van der Waals surface area contributed by atoms with E-state index in [0.717, 1.165) is 41.6 Å². The van der Waals surface area contributed by atoms with Crippen LogP contribution in [0.5, 0.6) is 0 Å². The van der Waals surface area contributed by atoms with Gasteiger partial charge in [-0.3, -0.25) is 0 Å². The molecule has 5 nitrogen and oxygen atoms in total. The van der Waals surface area contributed by atoms with E-state index in [1.165, 1.54) is 11.9 Å². The van der Waals surface area contributed by atoms with E-state index < -0.39 is 0 Å². The average Bonchev–Trinajstić information content (AvgIpc) is 3.18. The first-order chi connectivity index (χ1) is 11.3. The molecule has 5 heteroatoms. The molecule has 3 aromatic rings. The van der Waals surface area contributed by atoms with Crippen molar-refractivity contribution in [3.05, 3.63) is 42.6 Å². The summed E-state index contributed by atoms with van der Waals surface area (Å²) in [5.74, 6) is 1.80. The van der Waals surface area contributed by atoms with Crippen molar-refractivity contribution in [1.82, 2.24) is 20.1 Å². The van der Waals surface area contributed by atoms with Gasteiger partial charge in [-0.05, 0) is 31.3 Å². The van der Waals surface area contributed by atoms with Gasteiger partial charge in [0.15, 0.2) is 5.82 Å². The molecule has 1 unspecified atom stereocenters. The Balaban J connectivity index is 1.45. The highest BCUT2D eigenvalue weighted by atomic mass is 15.3. The summed E-state index contributed by atoms with van der Waals surface area (Å²) in [6.07, 6.45) is 1.96. The molecular formula is C18H19N5. The van der Waals surface area contributed by atoms with E-state index in [9.17, 15) is 0 Å². The van der Waals surface area contributed by atoms with Gasteiger partial charge in [0, 0.05) is 54.3 Å². The van der Waals surface area contributed by atoms with Gasteiger partial charge in [0.1, 0.15) is 0 Å². The highest BCUT2D eigenvalue weighted by Gasteiger charge is 2.43. The summed E-state index contributed by atoms with van der Waals surface area (Å²) >= 11 is 0. The van der Waals surface area contributed by atoms with Gasteiger partial charge in [-0.25, -0.2) is 0 Å². The maximum Gasteiger partial charge on any atom is 0.151 e. The molecular weight excluding hydrogens is 286 g/mol. The van der Waals surface area contributed by atoms with Crippen LogP contribution in [0.4, 0.5) is 5.82 Å². The van der Waals surface area contributed by atoms with E-state index in [1.54, 1.807) is 0 Å². The van der Waals surface area contributed by atoms with Crippen molar-refractivity contribution in [2.45, 2.75) is 6.04 Å². The van der Waals surface area contributed by atoms with Crippen LogP contribution in [-0.2, 0) is 0 Å². The smallest absolute Gasteiger partial charge is 0.151 e. The minimum absolute atomic E-state index is 0.699. The molecule has 0 radical (unpaired) electrons. The molecule has 5 rings (SSSR count). The van der Waals surface area contributed by atoms with E-state index in [-0.39, 0.29) is 0 Å². The maximum absolute atomic E-state index is 4.50. The molecule has 0 saturated carbocycles. The van der Waals surface area contributed by atoms with E-state index in [0.29, 0.717) is 6.04 Å². The molecule has 2 fully saturated rings. The lowest BCUT2D eigenvalue weighted by atomic mass is 9.93. The number of hydrogen-bond acceptors (Lipinski definition) is 4. The zero-order chi connectivity index (χ0) is 15.4. The van der Waals surface area contributed by atoms with Gasteiger partial charge in [-0.2, -0.15) is 0 Å². The largest absolute Gasteiger partial charge is 0.361 e. The lowest BCUT2D eigenvalue weighted by Gasteiger charge is -2.40. The number of rotatable bonds is 2.